The Balaban J connectivity index is 1.28. The van der Waals surface area contributed by atoms with Crippen LogP contribution in [-0.2, 0) is 4.79 Å². The van der Waals surface area contributed by atoms with Crippen LogP contribution in [0.1, 0.15) is 25.7 Å². The summed E-state index contributed by atoms with van der Waals surface area (Å²) in [6, 6.07) is 9.71. The Morgan fingerprint density at radius 1 is 1.00 bits per heavy atom. The molecule has 6 nitrogen and oxygen atoms in total. The van der Waals surface area contributed by atoms with Crippen LogP contribution < -0.4 is 4.90 Å². The zero-order valence-electron chi connectivity index (χ0n) is 15.5. The Bertz CT molecular complexity index is 741. The second kappa shape index (κ2) is 8.69. The van der Waals surface area contributed by atoms with Crippen molar-refractivity contribution in [2.24, 2.45) is 0 Å². The third kappa shape index (κ3) is 4.58. The predicted octanol–water partition coefficient (Wildman–Crippen LogP) is 2.86. The number of rotatable bonds is 5. The van der Waals surface area contributed by atoms with Gasteiger partial charge >= 0.3 is 0 Å². The third-order valence-corrected chi connectivity index (χ3v) is 6.64. The number of pyridine rings is 1. The minimum Gasteiger partial charge on any atom is -0.352 e. The second-order valence-electron chi connectivity index (χ2n) is 7.08. The first-order valence-electron chi connectivity index (χ1n) is 9.69. The van der Waals surface area contributed by atoms with E-state index in [2.05, 4.69) is 20.1 Å². The number of hydrogen-bond acceptors (Lipinski definition) is 6. The molecule has 2 fully saturated rings. The summed E-state index contributed by atoms with van der Waals surface area (Å²) in [5.41, 5.74) is 1.60. The summed E-state index contributed by atoms with van der Waals surface area (Å²) >= 11 is 1.85. The topological polar surface area (TPSA) is 62.2 Å². The lowest BCUT2D eigenvalue weighted by molar-refractivity contribution is -0.128. The standard InChI is InChI=1S/C20H25N5OS/c26-20(15-27-16-5-1-2-6-16)25-13-11-24(12-14-25)19-9-8-18(22-23-19)17-7-3-4-10-21-17/h3-4,7-10,16H,1-2,5-6,11-15H2. The highest BCUT2D eigenvalue weighted by atomic mass is 32.2. The van der Waals surface area contributed by atoms with E-state index in [1.54, 1.807) is 6.20 Å². The molecule has 0 bridgehead atoms. The molecular weight excluding hydrogens is 358 g/mol. The van der Waals surface area contributed by atoms with Crippen molar-refractivity contribution >= 4 is 23.5 Å². The van der Waals surface area contributed by atoms with Gasteiger partial charge in [-0.3, -0.25) is 9.78 Å². The van der Waals surface area contributed by atoms with Crippen LogP contribution >= 0.6 is 11.8 Å². The van der Waals surface area contributed by atoms with Gasteiger partial charge in [-0.2, -0.15) is 0 Å². The largest absolute Gasteiger partial charge is 0.352 e. The third-order valence-electron chi connectivity index (χ3n) is 5.28. The van der Waals surface area contributed by atoms with E-state index in [0.717, 1.165) is 43.4 Å². The Labute approximate surface area is 164 Å². The van der Waals surface area contributed by atoms with Gasteiger partial charge in [-0.1, -0.05) is 18.9 Å². The molecule has 0 aromatic carbocycles. The first-order chi connectivity index (χ1) is 13.3. The van der Waals surface area contributed by atoms with Crippen molar-refractivity contribution in [3.63, 3.8) is 0 Å². The fourth-order valence-electron chi connectivity index (χ4n) is 3.67. The van der Waals surface area contributed by atoms with Crippen molar-refractivity contribution < 1.29 is 4.79 Å². The number of anilines is 1. The molecule has 1 saturated heterocycles. The molecule has 2 aromatic rings. The maximum Gasteiger partial charge on any atom is 0.232 e. The summed E-state index contributed by atoms with van der Waals surface area (Å²) in [4.78, 5) is 20.9. The van der Waals surface area contributed by atoms with E-state index in [9.17, 15) is 4.79 Å². The first kappa shape index (κ1) is 18.2. The van der Waals surface area contributed by atoms with Crippen molar-refractivity contribution in [2.75, 3.05) is 36.8 Å². The minimum atomic E-state index is 0.281. The Kier molecular flexibility index (Phi) is 5.87. The molecule has 1 saturated carbocycles. The number of carbonyl (C=O) groups excluding carboxylic acids is 1. The van der Waals surface area contributed by atoms with Gasteiger partial charge in [0.1, 0.15) is 5.69 Å². The molecule has 142 valence electrons. The van der Waals surface area contributed by atoms with Crippen LogP contribution in [0, 0.1) is 0 Å². The van der Waals surface area contributed by atoms with Gasteiger partial charge in [-0.25, -0.2) is 0 Å². The van der Waals surface area contributed by atoms with Crippen molar-refractivity contribution in [3.05, 3.63) is 36.5 Å². The van der Waals surface area contributed by atoms with Crippen LogP contribution in [-0.4, -0.2) is 63.2 Å². The number of piperazine rings is 1. The zero-order valence-corrected chi connectivity index (χ0v) is 16.3. The van der Waals surface area contributed by atoms with E-state index in [4.69, 9.17) is 0 Å². The van der Waals surface area contributed by atoms with Gasteiger partial charge in [0.05, 0.1) is 11.4 Å². The molecule has 3 heterocycles. The number of thioether (sulfide) groups is 1. The predicted molar refractivity (Wildman–Crippen MR) is 109 cm³/mol. The number of carbonyl (C=O) groups is 1. The molecule has 27 heavy (non-hydrogen) atoms. The summed E-state index contributed by atoms with van der Waals surface area (Å²) < 4.78 is 0. The highest BCUT2D eigenvalue weighted by molar-refractivity contribution is 8.00. The van der Waals surface area contributed by atoms with Crippen LogP contribution in [0.3, 0.4) is 0 Å². The molecule has 1 aliphatic heterocycles. The van der Waals surface area contributed by atoms with Crippen LogP contribution in [0.2, 0.25) is 0 Å². The fourth-order valence-corrected chi connectivity index (χ4v) is 4.89. The average molecular weight is 384 g/mol. The van der Waals surface area contributed by atoms with E-state index in [1.165, 1.54) is 25.7 Å². The monoisotopic (exact) mass is 383 g/mol. The van der Waals surface area contributed by atoms with Gasteiger partial charge in [0, 0.05) is 37.6 Å². The van der Waals surface area contributed by atoms with E-state index in [0.29, 0.717) is 11.0 Å². The normalized spacial score (nSPS) is 18.1. The Morgan fingerprint density at radius 2 is 1.81 bits per heavy atom. The highest BCUT2D eigenvalue weighted by Gasteiger charge is 2.24. The zero-order chi connectivity index (χ0) is 18.5. The quantitative estimate of drug-likeness (QED) is 0.791. The van der Waals surface area contributed by atoms with Gasteiger partial charge in [0.2, 0.25) is 5.91 Å². The van der Waals surface area contributed by atoms with Gasteiger partial charge < -0.3 is 9.80 Å². The molecule has 2 aliphatic rings. The van der Waals surface area contributed by atoms with Gasteiger partial charge in [-0.05, 0) is 37.1 Å². The summed E-state index contributed by atoms with van der Waals surface area (Å²) in [7, 11) is 0. The van der Waals surface area contributed by atoms with Crippen molar-refractivity contribution in [2.45, 2.75) is 30.9 Å². The summed E-state index contributed by atoms with van der Waals surface area (Å²) in [6.07, 6.45) is 6.96. The summed E-state index contributed by atoms with van der Waals surface area (Å²) in [5.74, 6) is 1.77. The van der Waals surface area contributed by atoms with Gasteiger partial charge in [0.15, 0.2) is 5.82 Å². The SMILES string of the molecule is O=C(CSC1CCCC1)N1CCN(c2ccc(-c3ccccn3)nn2)CC1. The lowest BCUT2D eigenvalue weighted by Gasteiger charge is -2.35. The Hall–Kier alpha value is -2.15. The molecule has 4 rings (SSSR count). The van der Waals surface area contributed by atoms with Crippen LogP contribution in [0.15, 0.2) is 36.5 Å². The van der Waals surface area contributed by atoms with Crippen LogP contribution in [0.25, 0.3) is 11.4 Å². The smallest absolute Gasteiger partial charge is 0.232 e. The molecule has 2 aromatic heterocycles. The molecule has 1 amide bonds. The molecule has 0 unspecified atom stereocenters. The number of aromatic nitrogens is 3. The van der Waals surface area contributed by atoms with Crippen molar-refractivity contribution in [1.82, 2.24) is 20.1 Å². The molecule has 0 spiro atoms. The minimum absolute atomic E-state index is 0.281. The van der Waals surface area contributed by atoms with Gasteiger partial charge in [-0.15, -0.1) is 22.0 Å². The van der Waals surface area contributed by atoms with Gasteiger partial charge in [0.25, 0.3) is 0 Å². The summed E-state index contributed by atoms with van der Waals surface area (Å²) in [6.45, 7) is 3.12. The molecular formula is C20H25N5OS. The molecule has 0 radical (unpaired) electrons. The second-order valence-corrected chi connectivity index (χ2v) is 8.37. The fraction of sp³-hybridized carbons (Fsp3) is 0.500. The van der Waals surface area contributed by atoms with Crippen molar-refractivity contribution in [1.29, 1.82) is 0 Å². The maximum absolute atomic E-state index is 12.5. The molecule has 0 N–H and O–H groups in total. The first-order valence-corrected chi connectivity index (χ1v) is 10.7. The molecule has 0 atom stereocenters. The van der Waals surface area contributed by atoms with E-state index in [-0.39, 0.29) is 5.91 Å². The lowest BCUT2D eigenvalue weighted by Crippen LogP contribution is -2.49. The van der Waals surface area contributed by atoms with Crippen molar-refractivity contribution in [3.8, 4) is 11.4 Å². The number of nitrogens with zero attached hydrogens (tertiary/aromatic N) is 5. The van der Waals surface area contributed by atoms with Crippen LogP contribution in [0.5, 0.6) is 0 Å². The van der Waals surface area contributed by atoms with Crippen LogP contribution in [0.4, 0.5) is 5.82 Å². The lowest BCUT2D eigenvalue weighted by atomic mass is 10.2. The van der Waals surface area contributed by atoms with E-state index >= 15 is 0 Å². The summed E-state index contributed by atoms with van der Waals surface area (Å²) in [5, 5.41) is 9.38. The van der Waals surface area contributed by atoms with E-state index in [1.807, 2.05) is 47.0 Å². The maximum atomic E-state index is 12.5. The average Bonchev–Trinajstić information content (AvgIpc) is 3.27. The Morgan fingerprint density at radius 3 is 2.48 bits per heavy atom. The number of hydrogen-bond donors (Lipinski definition) is 0. The molecule has 1 aliphatic carbocycles. The molecule has 7 heteroatoms. The number of amides is 1. The highest BCUT2D eigenvalue weighted by Crippen LogP contribution is 2.29. The van der Waals surface area contributed by atoms with E-state index < -0.39 is 0 Å².